The van der Waals surface area contributed by atoms with Gasteiger partial charge in [0.05, 0.1) is 5.69 Å². The zero-order valence-corrected chi connectivity index (χ0v) is 13.0. The maximum absolute atomic E-state index is 12.3. The highest BCUT2D eigenvalue weighted by Crippen LogP contribution is 2.21. The van der Waals surface area contributed by atoms with Crippen molar-refractivity contribution in [2.45, 2.75) is 12.8 Å². The fourth-order valence-corrected chi connectivity index (χ4v) is 3.84. The first-order valence-corrected chi connectivity index (χ1v) is 8.51. The summed E-state index contributed by atoms with van der Waals surface area (Å²) in [5.74, 6) is 0.553. The summed E-state index contributed by atoms with van der Waals surface area (Å²) in [5.41, 5.74) is 0.495. The molecule has 5 nitrogen and oxygen atoms in total. The van der Waals surface area contributed by atoms with E-state index in [4.69, 9.17) is 11.6 Å². The van der Waals surface area contributed by atoms with E-state index in [1.165, 1.54) is 4.31 Å². The number of hydrogen-bond acceptors (Lipinski definition) is 3. The van der Waals surface area contributed by atoms with Gasteiger partial charge in [0.25, 0.3) is 0 Å². The highest BCUT2D eigenvalue weighted by atomic mass is 35.5. The first kappa shape index (κ1) is 15.6. The summed E-state index contributed by atoms with van der Waals surface area (Å²) in [7, 11) is -1.57. The summed E-state index contributed by atoms with van der Waals surface area (Å²) in [6.45, 7) is 2.06. The van der Waals surface area contributed by atoms with Crippen molar-refractivity contribution >= 4 is 27.5 Å². The molecular weight excluding hydrogens is 298 g/mol. The van der Waals surface area contributed by atoms with Crippen LogP contribution in [0.15, 0.2) is 24.3 Å². The molecule has 2 N–H and O–H groups in total. The summed E-state index contributed by atoms with van der Waals surface area (Å²) < 4.78 is 28.6. The molecule has 0 aliphatic carbocycles. The topological polar surface area (TPSA) is 61.4 Å². The van der Waals surface area contributed by atoms with Gasteiger partial charge in [-0.1, -0.05) is 17.7 Å². The van der Waals surface area contributed by atoms with Gasteiger partial charge in [0.2, 0.25) is 0 Å². The van der Waals surface area contributed by atoms with Crippen LogP contribution in [0.25, 0.3) is 0 Å². The van der Waals surface area contributed by atoms with Gasteiger partial charge in [0, 0.05) is 18.1 Å². The zero-order valence-electron chi connectivity index (χ0n) is 11.5. The second-order valence-electron chi connectivity index (χ2n) is 5.02. The average molecular weight is 318 g/mol. The van der Waals surface area contributed by atoms with E-state index in [1.807, 2.05) is 7.05 Å². The van der Waals surface area contributed by atoms with Crippen LogP contribution < -0.4 is 10.0 Å². The Morgan fingerprint density at radius 3 is 2.65 bits per heavy atom. The molecule has 0 bridgehead atoms. The third kappa shape index (κ3) is 4.09. The standard InChI is InChI=1S/C13H20ClN3O2S/c1-15-10-11-5-7-17(8-6-11)20(18,19)16-13-4-2-3-12(14)9-13/h2-4,9,11,15-16H,5-8,10H2,1H3. The predicted molar refractivity (Wildman–Crippen MR) is 82.2 cm³/mol. The third-order valence-electron chi connectivity index (χ3n) is 3.48. The molecule has 1 fully saturated rings. The van der Waals surface area contributed by atoms with Crippen LogP contribution in [0.2, 0.25) is 5.02 Å². The SMILES string of the molecule is CNCC1CCN(S(=O)(=O)Nc2cccc(Cl)c2)CC1. The Labute approximate surface area is 125 Å². The van der Waals surface area contributed by atoms with E-state index >= 15 is 0 Å². The Bertz CT molecular complexity index is 542. The summed E-state index contributed by atoms with van der Waals surface area (Å²) >= 11 is 5.86. The molecule has 0 spiro atoms. The molecule has 7 heteroatoms. The number of benzene rings is 1. The third-order valence-corrected chi connectivity index (χ3v) is 5.25. The molecule has 20 heavy (non-hydrogen) atoms. The number of hydrogen-bond donors (Lipinski definition) is 2. The maximum atomic E-state index is 12.3. The number of halogens is 1. The lowest BCUT2D eigenvalue weighted by Gasteiger charge is -2.31. The van der Waals surface area contributed by atoms with Crippen molar-refractivity contribution in [3.63, 3.8) is 0 Å². The molecule has 1 saturated heterocycles. The number of rotatable bonds is 5. The minimum atomic E-state index is -3.49. The number of anilines is 1. The minimum absolute atomic E-state index is 0.495. The molecule has 0 amide bonds. The highest BCUT2D eigenvalue weighted by molar-refractivity contribution is 7.90. The second kappa shape index (κ2) is 6.76. The van der Waals surface area contributed by atoms with Crippen LogP contribution >= 0.6 is 11.6 Å². The van der Waals surface area contributed by atoms with Crippen molar-refractivity contribution in [1.82, 2.24) is 9.62 Å². The van der Waals surface area contributed by atoms with E-state index in [2.05, 4.69) is 10.0 Å². The molecule has 1 aliphatic rings. The first-order valence-electron chi connectivity index (χ1n) is 6.69. The molecule has 0 unspecified atom stereocenters. The maximum Gasteiger partial charge on any atom is 0.301 e. The van der Waals surface area contributed by atoms with Crippen LogP contribution in [0.5, 0.6) is 0 Å². The van der Waals surface area contributed by atoms with Gasteiger partial charge in [-0.15, -0.1) is 0 Å². The van der Waals surface area contributed by atoms with Gasteiger partial charge in [-0.05, 0) is 50.6 Å². The normalized spacial score (nSPS) is 18.1. The van der Waals surface area contributed by atoms with Gasteiger partial charge in [0.15, 0.2) is 0 Å². The van der Waals surface area contributed by atoms with Crippen LogP contribution in [0.1, 0.15) is 12.8 Å². The van der Waals surface area contributed by atoms with Gasteiger partial charge in [0.1, 0.15) is 0 Å². The molecule has 0 atom stereocenters. The van der Waals surface area contributed by atoms with Gasteiger partial charge >= 0.3 is 10.2 Å². The van der Waals surface area contributed by atoms with Crippen LogP contribution in [0.3, 0.4) is 0 Å². The van der Waals surface area contributed by atoms with E-state index in [0.29, 0.717) is 29.7 Å². The minimum Gasteiger partial charge on any atom is -0.319 e. The second-order valence-corrected chi connectivity index (χ2v) is 7.12. The van der Waals surface area contributed by atoms with Crippen molar-refractivity contribution in [2.24, 2.45) is 5.92 Å². The van der Waals surface area contributed by atoms with Gasteiger partial charge < -0.3 is 5.32 Å². The lowest BCUT2D eigenvalue weighted by atomic mass is 9.98. The van der Waals surface area contributed by atoms with E-state index in [9.17, 15) is 8.42 Å². The van der Waals surface area contributed by atoms with Gasteiger partial charge in [-0.2, -0.15) is 12.7 Å². The fourth-order valence-electron chi connectivity index (χ4n) is 2.41. The van der Waals surface area contributed by atoms with E-state index in [0.717, 1.165) is 19.4 Å². The Morgan fingerprint density at radius 1 is 1.35 bits per heavy atom. The quantitative estimate of drug-likeness (QED) is 0.872. The fraction of sp³-hybridized carbons (Fsp3) is 0.538. The van der Waals surface area contributed by atoms with E-state index < -0.39 is 10.2 Å². The smallest absolute Gasteiger partial charge is 0.301 e. The molecule has 0 radical (unpaired) electrons. The average Bonchev–Trinajstić information content (AvgIpc) is 2.39. The monoisotopic (exact) mass is 317 g/mol. The van der Waals surface area contributed by atoms with Crippen LogP contribution in [0, 0.1) is 5.92 Å². The van der Waals surface area contributed by atoms with Crippen molar-refractivity contribution in [3.05, 3.63) is 29.3 Å². The predicted octanol–water partition coefficient (Wildman–Crippen LogP) is 1.93. The molecule has 112 valence electrons. The first-order chi connectivity index (χ1) is 9.51. The lowest BCUT2D eigenvalue weighted by molar-refractivity contribution is 0.272. The van der Waals surface area contributed by atoms with Crippen LogP contribution in [-0.2, 0) is 10.2 Å². The molecule has 1 aromatic carbocycles. The van der Waals surface area contributed by atoms with Crippen molar-refractivity contribution in [1.29, 1.82) is 0 Å². The lowest BCUT2D eigenvalue weighted by Crippen LogP contribution is -2.43. The molecule has 0 saturated carbocycles. The Morgan fingerprint density at radius 2 is 2.05 bits per heavy atom. The Balaban J connectivity index is 1.98. The molecule has 1 heterocycles. The summed E-state index contributed by atoms with van der Waals surface area (Å²) in [5, 5.41) is 3.65. The largest absolute Gasteiger partial charge is 0.319 e. The Hall–Kier alpha value is -0.820. The zero-order chi connectivity index (χ0) is 14.6. The van der Waals surface area contributed by atoms with Crippen molar-refractivity contribution in [2.75, 3.05) is 31.4 Å². The molecule has 0 aromatic heterocycles. The summed E-state index contributed by atoms with van der Waals surface area (Å²) in [6, 6.07) is 6.73. The van der Waals surface area contributed by atoms with Crippen molar-refractivity contribution < 1.29 is 8.42 Å². The summed E-state index contributed by atoms with van der Waals surface area (Å²) in [4.78, 5) is 0. The summed E-state index contributed by atoms with van der Waals surface area (Å²) in [6.07, 6.45) is 1.77. The molecular formula is C13H20ClN3O2S. The van der Waals surface area contributed by atoms with Crippen LogP contribution in [-0.4, -0.2) is 39.4 Å². The van der Waals surface area contributed by atoms with Crippen molar-refractivity contribution in [3.8, 4) is 0 Å². The van der Waals surface area contributed by atoms with E-state index in [-0.39, 0.29) is 0 Å². The Kier molecular flexibility index (Phi) is 5.26. The number of nitrogens with zero attached hydrogens (tertiary/aromatic N) is 1. The highest BCUT2D eigenvalue weighted by Gasteiger charge is 2.27. The molecule has 1 aromatic rings. The molecule has 1 aliphatic heterocycles. The number of piperidine rings is 1. The van der Waals surface area contributed by atoms with Gasteiger partial charge in [-0.3, -0.25) is 4.72 Å². The number of nitrogens with one attached hydrogen (secondary N) is 2. The van der Waals surface area contributed by atoms with E-state index in [1.54, 1.807) is 24.3 Å². The molecule has 2 rings (SSSR count). The van der Waals surface area contributed by atoms with Crippen LogP contribution in [0.4, 0.5) is 5.69 Å². The van der Waals surface area contributed by atoms with Gasteiger partial charge in [-0.25, -0.2) is 0 Å².